The first kappa shape index (κ1) is 16.6. The van der Waals surface area contributed by atoms with Gasteiger partial charge in [0.15, 0.2) is 18.2 Å². The molecule has 1 saturated carbocycles. The second kappa shape index (κ2) is 7.15. The number of rotatable bonds is 7. The van der Waals surface area contributed by atoms with Crippen LogP contribution in [0, 0.1) is 5.82 Å². The predicted molar refractivity (Wildman–Crippen MR) is 91.9 cm³/mol. The molecule has 1 aliphatic rings. The standard InChI is InChI=1S/C20H19FN3O2/c21-17-7-5-14(6-8-17)18(25)2-1-11-24-12-9-15(10-13-24)19-22-20(26-23-19)16-3-4-16/h5-10,12-13,16H,1-4,11H2/q+1. The van der Waals surface area contributed by atoms with Crippen molar-refractivity contribution < 1.29 is 18.3 Å². The van der Waals surface area contributed by atoms with Crippen LogP contribution in [-0.2, 0) is 6.54 Å². The lowest BCUT2D eigenvalue weighted by Gasteiger charge is -2.00. The van der Waals surface area contributed by atoms with E-state index in [1.54, 1.807) is 0 Å². The first-order valence-corrected chi connectivity index (χ1v) is 8.81. The molecule has 2 aromatic heterocycles. The monoisotopic (exact) mass is 352 g/mol. The highest BCUT2D eigenvalue weighted by Crippen LogP contribution is 2.39. The van der Waals surface area contributed by atoms with Crippen LogP contribution in [0.3, 0.4) is 0 Å². The van der Waals surface area contributed by atoms with Crippen molar-refractivity contribution in [2.75, 3.05) is 0 Å². The Morgan fingerprint density at radius 2 is 1.88 bits per heavy atom. The Morgan fingerprint density at radius 3 is 2.58 bits per heavy atom. The number of nitrogens with zero attached hydrogens (tertiary/aromatic N) is 3. The molecule has 5 nitrogen and oxygen atoms in total. The number of ketones is 1. The van der Waals surface area contributed by atoms with E-state index < -0.39 is 0 Å². The number of carbonyl (C=O) groups is 1. The number of hydrogen-bond acceptors (Lipinski definition) is 4. The van der Waals surface area contributed by atoms with Crippen molar-refractivity contribution in [3.63, 3.8) is 0 Å². The van der Waals surface area contributed by atoms with E-state index in [4.69, 9.17) is 4.52 Å². The van der Waals surface area contributed by atoms with Gasteiger partial charge >= 0.3 is 0 Å². The fraction of sp³-hybridized carbons (Fsp3) is 0.300. The molecule has 0 spiro atoms. The Bertz CT molecular complexity index is 900. The van der Waals surface area contributed by atoms with Crippen molar-refractivity contribution >= 4 is 5.78 Å². The van der Waals surface area contributed by atoms with Crippen LogP contribution in [0.5, 0.6) is 0 Å². The lowest BCUT2D eigenvalue weighted by atomic mass is 10.1. The summed E-state index contributed by atoms with van der Waals surface area (Å²) in [7, 11) is 0. The molecule has 0 aliphatic heterocycles. The summed E-state index contributed by atoms with van der Waals surface area (Å²) in [5, 5.41) is 4.04. The first-order chi connectivity index (χ1) is 12.7. The molecule has 6 heteroatoms. The average molecular weight is 352 g/mol. The number of pyridine rings is 1. The third-order valence-corrected chi connectivity index (χ3v) is 4.50. The second-order valence-electron chi connectivity index (χ2n) is 6.59. The SMILES string of the molecule is O=C(CCC[n+]1ccc(-c2noc(C3CC3)n2)cc1)c1ccc(F)cc1. The van der Waals surface area contributed by atoms with Crippen molar-refractivity contribution in [3.05, 3.63) is 66.1 Å². The van der Waals surface area contributed by atoms with Gasteiger partial charge in [-0.1, -0.05) is 5.16 Å². The summed E-state index contributed by atoms with van der Waals surface area (Å²) in [6.45, 7) is 0.729. The minimum atomic E-state index is -0.331. The fourth-order valence-corrected chi connectivity index (χ4v) is 2.81. The van der Waals surface area contributed by atoms with Crippen molar-refractivity contribution in [3.8, 4) is 11.4 Å². The minimum absolute atomic E-state index is 0.0293. The van der Waals surface area contributed by atoms with Crippen molar-refractivity contribution in [2.24, 2.45) is 0 Å². The molecule has 132 valence electrons. The van der Waals surface area contributed by atoms with Crippen LogP contribution < -0.4 is 4.57 Å². The molecule has 4 rings (SSSR count). The second-order valence-corrected chi connectivity index (χ2v) is 6.59. The number of Topliss-reactive ketones (excluding diaryl/α,β-unsaturated/α-hetero) is 1. The smallest absolute Gasteiger partial charge is 0.230 e. The molecule has 26 heavy (non-hydrogen) atoms. The van der Waals surface area contributed by atoms with E-state index in [0.717, 1.165) is 30.8 Å². The van der Waals surface area contributed by atoms with Crippen LogP contribution in [0.1, 0.15) is 47.8 Å². The van der Waals surface area contributed by atoms with E-state index in [0.29, 0.717) is 30.1 Å². The molecule has 0 radical (unpaired) electrons. The maximum Gasteiger partial charge on any atom is 0.230 e. The maximum atomic E-state index is 12.9. The zero-order valence-electron chi connectivity index (χ0n) is 14.3. The number of aromatic nitrogens is 3. The van der Waals surface area contributed by atoms with E-state index in [1.165, 1.54) is 24.3 Å². The quantitative estimate of drug-likeness (QED) is 0.480. The molecule has 3 aromatic rings. The number of benzene rings is 1. The van der Waals surface area contributed by atoms with Crippen molar-refractivity contribution in [2.45, 2.75) is 38.1 Å². The van der Waals surface area contributed by atoms with Crippen LogP contribution in [0.2, 0.25) is 0 Å². The van der Waals surface area contributed by atoms with Crippen molar-refractivity contribution in [1.82, 2.24) is 10.1 Å². The van der Waals surface area contributed by atoms with Gasteiger partial charge in [-0.05, 0) is 37.1 Å². The van der Waals surface area contributed by atoms with Gasteiger partial charge in [-0.3, -0.25) is 4.79 Å². The van der Waals surface area contributed by atoms with Gasteiger partial charge in [-0.2, -0.15) is 4.98 Å². The largest absolute Gasteiger partial charge is 0.339 e. The molecular weight excluding hydrogens is 333 g/mol. The molecule has 1 aromatic carbocycles. The number of halogens is 1. The lowest BCUT2D eigenvalue weighted by molar-refractivity contribution is -0.697. The molecule has 0 N–H and O–H groups in total. The Kier molecular flexibility index (Phi) is 4.56. The fourth-order valence-electron chi connectivity index (χ4n) is 2.81. The topological polar surface area (TPSA) is 59.9 Å². The van der Waals surface area contributed by atoms with Crippen molar-refractivity contribution in [1.29, 1.82) is 0 Å². The summed E-state index contributed by atoms with van der Waals surface area (Å²) < 4.78 is 20.2. The highest BCUT2D eigenvalue weighted by Gasteiger charge is 2.29. The summed E-state index contributed by atoms with van der Waals surface area (Å²) >= 11 is 0. The van der Waals surface area contributed by atoms with Gasteiger partial charge < -0.3 is 4.52 Å². The Hall–Kier alpha value is -2.89. The van der Waals surface area contributed by atoms with Gasteiger partial charge in [-0.25, -0.2) is 8.96 Å². The van der Waals surface area contributed by atoms with Gasteiger partial charge in [0.25, 0.3) is 0 Å². The van der Waals surface area contributed by atoms with Crippen LogP contribution >= 0.6 is 0 Å². The van der Waals surface area contributed by atoms with E-state index in [9.17, 15) is 9.18 Å². The van der Waals surface area contributed by atoms with E-state index in [1.807, 2.05) is 29.1 Å². The molecule has 1 fully saturated rings. The summed E-state index contributed by atoms with van der Waals surface area (Å²) in [6, 6.07) is 9.58. The molecule has 0 unspecified atom stereocenters. The molecule has 1 aliphatic carbocycles. The van der Waals surface area contributed by atoms with Crippen LogP contribution in [-0.4, -0.2) is 15.9 Å². The third kappa shape index (κ3) is 3.85. The zero-order valence-corrected chi connectivity index (χ0v) is 14.3. The van der Waals surface area contributed by atoms with Crippen LogP contribution in [0.25, 0.3) is 11.4 Å². The normalized spacial score (nSPS) is 13.7. The van der Waals surface area contributed by atoms with Crippen LogP contribution in [0.4, 0.5) is 4.39 Å². The van der Waals surface area contributed by atoms with E-state index in [-0.39, 0.29) is 11.6 Å². The molecule has 0 saturated heterocycles. The zero-order chi connectivity index (χ0) is 17.9. The minimum Gasteiger partial charge on any atom is -0.339 e. The van der Waals surface area contributed by atoms with E-state index in [2.05, 4.69) is 10.1 Å². The van der Waals surface area contributed by atoms with E-state index >= 15 is 0 Å². The van der Waals surface area contributed by atoms with Gasteiger partial charge in [0.05, 0.1) is 0 Å². The summed E-state index contributed by atoms with van der Waals surface area (Å²) in [5.41, 5.74) is 1.47. The summed E-state index contributed by atoms with van der Waals surface area (Å²) in [6.07, 6.45) is 7.31. The molecule has 0 atom stereocenters. The molecule has 0 amide bonds. The number of hydrogen-bond donors (Lipinski definition) is 0. The maximum absolute atomic E-state index is 12.9. The van der Waals surface area contributed by atoms with Gasteiger partial charge in [0.2, 0.25) is 11.7 Å². The summed E-state index contributed by atoms with van der Waals surface area (Å²) in [5.74, 6) is 1.50. The lowest BCUT2D eigenvalue weighted by Crippen LogP contribution is -2.32. The van der Waals surface area contributed by atoms with Gasteiger partial charge in [-0.15, -0.1) is 0 Å². The number of aryl methyl sites for hydroxylation is 1. The summed E-state index contributed by atoms with van der Waals surface area (Å²) in [4.78, 5) is 16.5. The Labute approximate surface area is 150 Å². The molecule has 2 heterocycles. The van der Waals surface area contributed by atoms with Crippen LogP contribution in [0.15, 0.2) is 53.3 Å². The number of carbonyl (C=O) groups excluding carboxylic acids is 1. The van der Waals surface area contributed by atoms with Gasteiger partial charge in [0, 0.05) is 42.0 Å². The Morgan fingerprint density at radius 1 is 1.15 bits per heavy atom. The Balaban J connectivity index is 1.31. The molecule has 0 bridgehead atoms. The van der Waals surface area contributed by atoms with Gasteiger partial charge in [0.1, 0.15) is 12.4 Å². The predicted octanol–water partition coefficient (Wildman–Crippen LogP) is 3.70. The highest BCUT2D eigenvalue weighted by molar-refractivity contribution is 5.95. The average Bonchev–Trinajstić information content (AvgIpc) is 3.40. The third-order valence-electron chi connectivity index (χ3n) is 4.50. The highest BCUT2D eigenvalue weighted by atomic mass is 19.1. The molecular formula is C20H19FN3O2+. The first-order valence-electron chi connectivity index (χ1n) is 8.81.